The van der Waals surface area contributed by atoms with Crippen LogP contribution in [0, 0.1) is 11.7 Å². The molecule has 1 N–H and O–H groups in total. The molecule has 2 rings (SSSR count). The molecule has 1 aromatic rings. The Hall–Kier alpha value is -1.76. The maximum Gasteiger partial charge on any atom is 0.326 e. The van der Waals surface area contributed by atoms with Gasteiger partial charge in [-0.05, 0) is 36.8 Å². The number of aromatic nitrogens is 1. The minimum atomic E-state index is -1.15. The number of halogens is 2. The Morgan fingerprint density at radius 3 is 2.71 bits per heavy atom. The zero-order valence-electron chi connectivity index (χ0n) is 14.0. The summed E-state index contributed by atoms with van der Waals surface area (Å²) in [5, 5.41) is 9.38. The van der Waals surface area contributed by atoms with Crippen molar-refractivity contribution in [3.63, 3.8) is 0 Å². The van der Waals surface area contributed by atoms with Gasteiger partial charge in [-0.25, -0.2) is 13.6 Å². The highest BCUT2D eigenvalue weighted by Gasteiger charge is 2.24. The second kappa shape index (κ2) is 7.88. The summed E-state index contributed by atoms with van der Waals surface area (Å²) in [5.74, 6) is -2.05. The number of pyridine rings is 1. The number of likely N-dealkylation sites (tertiary alicyclic amines) is 1. The maximum atomic E-state index is 14.0. The predicted molar refractivity (Wildman–Crippen MR) is 86.4 cm³/mol. The van der Waals surface area contributed by atoms with Gasteiger partial charge in [-0.3, -0.25) is 9.36 Å². The zero-order chi connectivity index (χ0) is 17.9. The second-order valence-corrected chi connectivity index (χ2v) is 6.83. The highest BCUT2D eigenvalue weighted by molar-refractivity contribution is 5.71. The molecule has 7 heteroatoms. The number of carbonyl (C=O) groups is 1. The number of carboxylic acids is 1. The maximum absolute atomic E-state index is 14.0. The van der Waals surface area contributed by atoms with E-state index in [0.717, 1.165) is 10.6 Å². The van der Waals surface area contributed by atoms with E-state index in [2.05, 4.69) is 0 Å². The van der Waals surface area contributed by atoms with Gasteiger partial charge >= 0.3 is 5.97 Å². The molecule has 0 spiro atoms. The fourth-order valence-electron chi connectivity index (χ4n) is 3.05. The van der Waals surface area contributed by atoms with Crippen LogP contribution in [0.4, 0.5) is 8.78 Å². The summed E-state index contributed by atoms with van der Waals surface area (Å²) in [6, 6.07) is 0.0600. The average molecular weight is 342 g/mol. The van der Waals surface area contributed by atoms with Crippen LogP contribution in [0.1, 0.15) is 38.3 Å². The summed E-state index contributed by atoms with van der Waals surface area (Å²) in [6.45, 7) is 5.28. The summed E-state index contributed by atoms with van der Waals surface area (Å²) >= 11 is 0. The first-order valence-corrected chi connectivity index (χ1v) is 8.27. The van der Waals surface area contributed by atoms with Crippen molar-refractivity contribution in [3.8, 4) is 0 Å². The summed E-state index contributed by atoms with van der Waals surface area (Å²) in [5.41, 5.74) is -0.374. The quantitative estimate of drug-likeness (QED) is 0.825. The molecular formula is C17H24F2N2O3. The van der Waals surface area contributed by atoms with E-state index in [4.69, 9.17) is 0 Å². The van der Waals surface area contributed by atoms with E-state index >= 15 is 0 Å². The lowest BCUT2D eigenvalue weighted by Gasteiger charge is -2.19. The van der Waals surface area contributed by atoms with Gasteiger partial charge in [-0.1, -0.05) is 13.8 Å². The molecule has 1 aliphatic heterocycles. The summed E-state index contributed by atoms with van der Waals surface area (Å²) < 4.78 is 28.1. The zero-order valence-corrected chi connectivity index (χ0v) is 14.0. The van der Waals surface area contributed by atoms with Crippen LogP contribution in [0.15, 0.2) is 17.1 Å². The summed E-state index contributed by atoms with van der Waals surface area (Å²) in [4.78, 5) is 25.4. The Balaban J connectivity index is 2.20. The number of aliphatic carboxylic acids is 1. The number of alkyl halides is 1. The molecule has 2 unspecified atom stereocenters. The number of hydrogen-bond acceptors (Lipinski definition) is 3. The van der Waals surface area contributed by atoms with Crippen LogP contribution >= 0.6 is 0 Å². The second-order valence-electron chi connectivity index (χ2n) is 6.83. The van der Waals surface area contributed by atoms with E-state index in [1.54, 1.807) is 0 Å². The molecule has 2 heterocycles. The van der Waals surface area contributed by atoms with Crippen molar-refractivity contribution >= 4 is 5.97 Å². The SMILES string of the molecule is CC(C)CC(C(=O)O)n1cc(CCN2CCC(F)C2)cc(F)c1=O. The predicted octanol–water partition coefficient (Wildman–Crippen LogP) is 2.25. The van der Waals surface area contributed by atoms with E-state index < -0.39 is 29.6 Å². The third-order valence-corrected chi connectivity index (χ3v) is 4.30. The molecule has 1 fully saturated rings. The van der Waals surface area contributed by atoms with Crippen molar-refractivity contribution in [2.24, 2.45) is 5.92 Å². The third-order valence-electron chi connectivity index (χ3n) is 4.30. The molecule has 0 aliphatic carbocycles. The lowest BCUT2D eigenvalue weighted by Crippen LogP contribution is -2.33. The van der Waals surface area contributed by atoms with Crippen molar-refractivity contribution in [2.75, 3.05) is 19.6 Å². The molecular weight excluding hydrogens is 318 g/mol. The number of hydrogen-bond donors (Lipinski definition) is 1. The number of carboxylic acid groups (broad SMARTS) is 1. The Morgan fingerprint density at radius 1 is 1.46 bits per heavy atom. The first kappa shape index (κ1) is 18.6. The number of rotatable bonds is 7. The minimum absolute atomic E-state index is 0.0517. The van der Waals surface area contributed by atoms with E-state index in [9.17, 15) is 23.5 Å². The first-order valence-electron chi connectivity index (χ1n) is 8.27. The van der Waals surface area contributed by atoms with Gasteiger partial charge in [0, 0.05) is 25.8 Å². The molecule has 1 aromatic heterocycles. The normalized spacial score (nSPS) is 19.8. The average Bonchev–Trinajstić information content (AvgIpc) is 2.91. The van der Waals surface area contributed by atoms with Crippen molar-refractivity contribution in [1.82, 2.24) is 9.47 Å². The molecule has 134 valence electrons. The Labute approximate surface area is 139 Å². The van der Waals surface area contributed by atoms with Crippen LogP contribution in [0.5, 0.6) is 0 Å². The van der Waals surface area contributed by atoms with Crippen molar-refractivity contribution in [3.05, 3.63) is 34.0 Å². The van der Waals surface area contributed by atoms with Crippen LogP contribution in [0.2, 0.25) is 0 Å². The van der Waals surface area contributed by atoms with E-state index in [0.29, 0.717) is 38.0 Å². The lowest BCUT2D eigenvalue weighted by atomic mass is 10.0. The fraction of sp³-hybridized carbons (Fsp3) is 0.647. The van der Waals surface area contributed by atoms with Crippen molar-refractivity contribution in [1.29, 1.82) is 0 Å². The topological polar surface area (TPSA) is 62.5 Å². The lowest BCUT2D eigenvalue weighted by molar-refractivity contribution is -0.141. The van der Waals surface area contributed by atoms with Gasteiger partial charge in [-0.15, -0.1) is 0 Å². The van der Waals surface area contributed by atoms with Gasteiger partial charge in [0.1, 0.15) is 12.2 Å². The Bertz CT molecular complexity index is 645. The Morgan fingerprint density at radius 2 is 2.17 bits per heavy atom. The van der Waals surface area contributed by atoms with Crippen LogP contribution < -0.4 is 5.56 Å². The molecule has 0 amide bonds. The summed E-state index contributed by atoms with van der Waals surface area (Å²) in [6.07, 6.45) is 1.79. The van der Waals surface area contributed by atoms with Crippen molar-refractivity contribution in [2.45, 2.75) is 45.3 Å². The van der Waals surface area contributed by atoms with Crippen LogP contribution in [-0.4, -0.2) is 46.3 Å². The Kier molecular flexibility index (Phi) is 6.10. The monoisotopic (exact) mass is 342 g/mol. The molecule has 5 nitrogen and oxygen atoms in total. The smallest absolute Gasteiger partial charge is 0.326 e. The van der Waals surface area contributed by atoms with Gasteiger partial charge in [0.2, 0.25) is 0 Å². The minimum Gasteiger partial charge on any atom is -0.480 e. The molecule has 24 heavy (non-hydrogen) atoms. The van der Waals surface area contributed by atoms with E-state index in [1.807, 2.05) is 18.7 Å². The fourth-order valence-corrected chi connectivity index (χ4v) is 3.05. The van der Waals surface area contributed by atoms with E-state index in [-0.39, 0.29) is 12.3 Å². The third kappa shape index (κ3) is 4.63. The molecule has 0 bridgehead atoms. The van der Waals surface area contributed by atoms with Crippen molar-refractivity contribution < 1.29 is 18.7 Å². The van der Waals surface area contributed by atoms with Gasteiger partial charge in [0.25, 0.3) is 5.56 Å². The van der Waals surface area contributed by atoms with Crippen LogP contribution in [0.3, 0.4) is 0 Å². The van der Waals surface area contributed by atoms with Gasteiger partial charge in [0.15, 0.2) is 5.82 Å². The van der Waals surface area contributed by atoms with E-state index in [1.165, 1.54) is 6.20 Å². The summed E-state index contributed by atoms with van der Waals surface area (Å²) in [7, 11) is 0. The highest BCUT2D eigenvalue weighted by atomic mass is 19.1. The molecule has 2 atom stereocenters. The van der Waals surface area contributed by atoms with Gasteiger partial charge < -0.3 is 10.0 Å². The molecule has 1 aliphatic rings. The van der Waals surface area contributed by atoms with Gasteiger partial charge in [0.05, 0.1) is 0 Å². The van der Waals surface area contributed by atoms with Gasteiger partial charge in [-0.2, -0.15) is 0 Å². The largest absolute Gasteiger partial charge is 0.480 e. The molecule has 0 radical (unpaired) electrons. The first-order chi connectivity index (χ1) is 11.3. The molecule has 0 aromatic carbocycles. The standard InChI is InChI=1S/C17H24F2N2O3/c1-11(2)7-15(17(23)24)21-9-12(8-14(19)16(21)22)3-5-20-6-4-13(18)10-20/h8-9,11,13,15H,3-7,10H2,1-2H3,(H,23,24). The van der Waals surface area contributed by atoms with Crippen LogP contribution in [0.25, 0.3) is 0 Å². The molecule has 0 saturated carbocycles. The van der Waals surface area contributed by atoms with Crippen LogP contribution in [-0.2, 0) is 11.2 Å². The molecule has 1 saturated heterocycles. The highest BCUT2D eigenvalue weighted by Crippen LogP contribution is 2.18. The number of nitrogens with zero attached hydrogens (tertiary/aromatic N) is 2.